The van der Waals surface area contributed by atoms with Crippen molar-refractivity contribution in [3.8, 4) is 22.3 Å². The van der Waals surface area contributed by atoms with E-state index in [0.29, 0.717) is 0 Å². The van der Waals surface area contributed by atoms with E-state index in [1.54, 1.807) is 0 Å². The molecule has 1 heteroatoms. The zero-order chi connectivity index (χ0) is 23.4. The van der Waals surface area contributed by atoms with E-state index >= 15 is 0 Å². The number of fused-ring (bicyclic) bond motifs is 4. The van der Waals surface area contributed by atoms with Crippen molar-refractivity contribution in [3.63, 3.8) is 0 Å². The van der Waals surface area contributed by atoms with E-state index in [9.17, 15) is 0 Å². The Balaban J connectivity index is 1.77. The van der Waals surface area contributed by atoms with E-state index in [0.717, 1.165) is 4.47 Å². The summed E-state index contributed by atoms with van der Waals surface area (Å²) in [4.78, 5) is 0. The summed E-state index contributed by atoms with van der Waals surface area (Å²) in [6, 6.07) is 46.1. The van der Waals surface area contributed by atoms with Crippen molar-refractivity contribution in [2.75, 3.05) is 0 Å². The van der Waals surface area contributed by atoms with Crippen molar-refractivity contribution in [2.45, 2.75) is 0 Å². The number of rotatable bonds is 2. The Kier molecular flexibility index (Phi) is 4.72. The summed E-state index contributed by atoms with van der Waals surface area (Å²) in [6.07, 6.45) is 0. The van der Waals surface area contributed by atoms with E-state index in [1.807, 2.05) is 0 Å². The average molecular weight is 509 g/mol. The molecular weight excluding hydrogens is 488 g/mol. The molecule has 0 saturated heterocycles. The van der Waals surface area contributed by atoms with Gasteiger partial charge in [-0.2, -0.15) is 0 Å². The maximum absolute atomic E-state index is 3.93. The summed E-state index contributed by atoms with van der Waals surface area (Å²) in [7, 11) is 0. The zero-order valence-corrected chi connectivity index (χ0v) is 20.6. The Morgan fingerprint density at radius 3 is 0.971 bits per heavy atom. The molecule has 7 aromatic carbocycles. The van der Waals surface area contributed by atoms with E-state index in [-0.39, 0.29) is 0 Å². The van der Waals surface area contributed by atoms with Gasteiger partial charge in [-0.1, -0.05) is 127 Å². The lowest BCUT2D eigenvalue weighted by Gasteiger charge is -2.21. The van der Waals surface area contributed by atoms with Gasteiger partial charge in [-0.15, -0.1) is 0 Å². The number of benzene rings is 7. The summed E-state index contributed by atoms with van der Waals surface area (Å²) in [5.41, 5.74) is 5.14. The van der Waals surface area contributed by atoms with Gasteiger partial charge >= 0.3 is 0 Å². The second kappa shape index (κ2) is 8.08. The molecular formula is C34H21Br. The Morgan fingerprint density at radius 2 is 0.571 bits per heavy atom. The third-order valence-corrected chi connectivity index (χ3v) is 7.96. The van der Waals surface area contributed by atoms with Crippen molar-refractivity contribution in [3.05, 3.63) is 132 Å². The first kappa shape index (κ1) is 20.4. The van der Waals surface area contributed by atoms with E-state index in [4.69, 9.17) is 0 Å². The van der Waals surface area contributed by atoms with Crippen LogP contribution in [-0.4, -0.2) is 0 Å². The molecule has 0 radical (unpaired) electrons. The van der Waals surface area contributed by atoms with Gasteiger partial charge < -0.3 is 0 Å². The maximum Gasteiger partial charge on any atom is 0.0332 e. The van der Waals surface area contributed by atoms with Gasteiger partial charge in [-0.3, -0.25) is 0 Å². The van der Waals surface area contributed by atoms with Gasteiger partial charge in [0.2, 0.25) is 0 Å². The van der Waals surface area contributed by atoms with Crippen molar-refractivity contribution in [1.29, 1.82) is 0 Å². The molecule has 35 heavy (non-hydrogen) atoms. The minimum absolute atomic E-state index is 1.15. The van der Waals surface area contributed by atoms with Gasteiger partial charge in [0.15, 0.2) is 0 Å². The Morgan fingerprint density at radius 1 is 0.286 bits per heavy atom. The normalized spacial score (nSPS) is 11.6. The number of hydrogen-bond acceptors (Lipinski definition) is 0. The van der Waals surface area contributed by atoms with Gasteiger partial charge in [-0.25, -0.2) is 0 Å². The molecule has 0 bridgehead atoms. The largest absolute Gasteiger partial charge is 0.0622 e. The molecule has 0 aliphatic heterocycles. The molecule has 0 amide bonds. The minimum atomic E-state index is 1.15. The standard InChI is InChI=1S/C34H21Br/c35-34-29-20-10-8-18-27(29)33(28-19-9-11-21-30(28)34)32-25-16-6-4-14-23(25)31(22-12-2-1-3-13-22)24-15-5-7-17-26(24)32/h1-21H. The van der Waals surface area contributed by atoms with Crippen molar-refractivity contribution < 1.29 is 0 Å². The molecule has 0 aliphatic rings. The van der Waals surface area contributed by atoms with E-state index < -0.39 is 0 Å². The first-order chi connectivity index (χ1) is 17.3. The third kappa shape index (κ3) is 3.05. The summed E-state index contributed by atoms with van der Waals surface area (Å²) in [5, 5.41) is 10.1. The van der Waals surface area contributed by atoms with Crippen LogP contribution in [0.5, 0.6) is 0 Å². The molecule has 0 fully saturated rings. The highest BCUT2D eigenvalue weighted by Crippen LogP contribution is 2.48. The summed E-state index contributed by atoms with van der Waals surface area (Å²) >= 11 is 3.93. The molecule has 0 heterocycles. The van der Waals surface area contributed by atoms with E-state index in [2.05, 4.69) is 143 Å². The van der Waals surface area contributed by atoms with Crippen LogP contribution < -0.4 is 0 Å². The van der Waals surface area contributed by atoms with Crippen LogP contribution in [0.3, 0.4) is 0 Å². The lowest BCUT2D eigenvalue weighted by atomic mass is 9.83. The number of hydrogen-bond donors (Lipinski definition) is 0. The molecule has 0 nitrogen and oxygen atoms in total. The fourth-order valence-electron chi connectivity index (χ4n) is 5.66. The van der Waals surface area contributed by atoms with Gasteiger partial charge in [0.25, 0.3) is 0 Å². The summed E-state index contributed by atoms with van der Waals surface area (Å²) in [6.45, 7) is 0. The first-order valence-corrected chi connectivity index (χ1v) is 12.7. The molecule has 0 aromatic heterocycles. The van der Waals surface area contributed by atoms with Gasteiger partial charge in [0, 0.05) is 4.47 Å². The monoisotopic (exact) mass is 508 g/mol. The maximum atomic E-state index is 3.93. The molecule has 0 saturated carbocycles. The fraction of sp³-hybridized carbons (Fsp3) is 0. The lowest BCUT2D eigenvalue weighted by molar-refractivity contribution is 1.67. The van der Waals surface area contributed by atoms with Crippen LogP contribution in [0.25, 0.3) is 65.3 Å². The molecule has 0 spiro atoms. The highest BCUT2D eigenvalue weighted by atomic mass is 79.9. The predicted molar refractivity (Wildman–Crippen MR) is 155 cm³/mol. The highest BCUT2D eigenvalue weighted by Gasteiger charge is 2.20. The number of halogens is 1. The smallest absolute Gasteiger partial charge is 0.0332 e. The topological polar surface area (TPSA) is 0 Å². The lowest BCUT2D eigenvalue weighted by Crippen LogP contribution is -1.93. The predicted octanol–water partition coefficient (Wildman–Crippen LogP) is 10.4. The Labute approximate surface area is 212 Å². The fourth-order valence-corrected chi connectivity index (χ4v) is 6.35. The molecule has 0 aliphatic carbocycles. The third-order valence-electron chi connectivity index (χ3n) is 7.11. The van der Waals surface area contributed by atoms with Crippen LogP contribution in [0.15, 0.2) is 132 Å². The van der Waals surface area contributed by atoms with Crippen LogP contribution >= 0.6 is 15.9 Å². The van der Waals surface area contributed by atoms with Crippen LogP contribution in [0.1, 0.15) is 0 Å². The van der Waals surface area contributed by atoms with Gasteiger partial charge in [0.05, 0.1) is 0 Å². The Hall–Kier alpha value is -3.94. The van der Waals surface area contributed by atoms with Gasteiger partial charge in [-0.05, 0) is 81.3 Å². The molecule has 7 aromatic rings. The van der Waals surface area contributed by atoms with Crippen molar-refractivity contribution in [1.82, 2.24) is 0 Å². The van der Waals surface area contributed by atoms with Crippen molar-refractivity contribution >= 4 is 59.0 Å². The second-order valence-electron chi connectivity index (χ2n) is 8.99. The van der Waals surface area contributed by atoms with Crippen LogP contribution in [0, 0.1) is 0 Å². The van der Waals surface area contributed by atoms with Crippen LogP contribution in [0.4, 0.5) is 0 Å². The molecule has 0 atom stereocenters. The highest BCUT2D eigenvalue weighted by molar-refractivity contribution is 9.10. The Bertz CT molecular complexity index is 1780. The summed E-state index contributed by atoms with van der Waals surface area (Å²) in [5.74, 6) is 0. The average Bonchev–Trinajstić information content (AvgIpc) is 2.93. The van der Waals surface area contributed by atoms with Crippen molar-refractivity contribution in [2.24, 2.45) is 0 Å². The molecule has 164 valence electrons. The minimum Gasteiger partial charge on any atom is -0.0622 e. The molecule has 0 N–H and O–H groups in total. The van der Waals surface area contributed by atoms with Crippen LogP contribution in [-0.2, 0) is 0 Å². The second-order valence-corrected chi connectivity index (χ2v) is 9.78. The SMILES string of the molecule is Brc1c2ccccc2c(-c2c3ccccc3c(-c3ccccc3)c3ccccc23)c2ccccc12. The van der Waals surface area contributed by atoms with Crippen LogP contribution in [0.2, 0.25) is 0 Å². The summed E-state index contributed by atoms with van der Waals surface area (Å²) < 4.78 is 1.15. The zero-order valence-electron chi connectivity index (χ0n) is 19.0. The molecule has 0 unspecified atom stereocenters. The van der Waals surface area contributed by atoms with E-state index in [1.165, 1.54) is 65.3 Å². The quantitative estimate of drug-likeness (QED) is 0.203. The van der Waals surface area contributed by atoms with Gasteiger partial charge in [0.1, 0.15) is 0 Å². The first-order valence-electron chi connectivity index (χ1n) is 11.9. The molecule has 7 rings (SSSR count).